The van der Waals surface area contributed by atoms with Gasteiger partial charge in [-0.1, -0.05) is 54.2 Å². The predicted octanol–water partition coefficient (Wildman–Crippen LogP) is 4.61. The Morgan fingerprint density at radius 2 is 1.73 bits per heavy atom. The standard InChI is InChI=1S/C19H20N2O2S3/c1-4-17-18(24-3)21(19(25-17)20-15-8-6-5-7-9-15)26(22,23)16-12-10-14(2)11-13-16/h5-13H,4H2,1-3H3. The zero-order valence-electron chi connectivity index (χ0n) is 14.8. The van der Waals surface area contributed by atoms with Gasteiger partial charge in [0, 0.05) is 4.88 Å². The Morgan fingerprint density at radius 3 is 2.31 bits per heavy atom. The summed E-state index contributed by atoms with van der Waals surface area (Å²) in [6, 6.07) is 16.4. The molecule has 3 rings (SSSR count). The maximum absolute atomic E-state index is 13.4. The molecule has 136 valence electrons. The minimum atomic E-state index is -3.73. The van der Waals surface area contributed by atoms with E-state index in [0.717, 1.165) is 27.6 Å². The third-order valence-corrected chi connectivity index (χ3v) is 7.93. The molecular formula is C19H20N2O2S3. The lowest BCUT2D eigenvalue weighted by Gasteiger charge is -2.10. The number of hydrogen-bond donors (Lipinski definition) is 0. The lowest BCUT2D eigenvalue weighted by Crippen LogP contribution is -2.24. The topological polar surface area (TPSA) is 51.4 Å². The highest BCUT2D eigenvalue weighted by atomic mass is 32.2. The molecule has 0 radical (unpaired) electrons. The summed E-state index contributed by atoms with van der Waals surface area (Å²) in [6.45, 7) is 3.97. The van der Waals surface area contributed by atoms with Crippen molar-refractivity contribution in [1.29, 1.82) is 0 Å². The van der Waals surface area contributed by atoms with Crippen molar-refractivity contribution in [2.24, 2.45) is 4.99 Å². The maximum atomic E-state index is 13.4. The Kier molecular flexibility index (Phi) is 5.70. The van der Waals surface area contributed by atoms with E-state index in [1.54, 1.807) is 12.1 Å². The van der Waals surface area contributed by atoms with Crippen LogP contribution in [0.2, 0.25) is 0 Å². The molecule has 0 amide bonds. The SMILES string of the molecule is CCc1sc(=Nc2ccccc2)n(S(=O)(=O)c2ccc(C)cc2)c1SC. The monoisotopic (exact) mass is 404 g/mol. The number of benzene rings is 2. The Bertz CT molecular complexity index is 1060. The molecule has 0 N–H and O–H groups in total. The average molecular weight is 405 g/mol. The van der Waals surface area contributed by atoms with E-state index < -0.39 is 10.0 Å². The number of rotatable bonds is 5. The first-order valence-electron chi connectivity index (χ1n) is 8.18. The predicted molar refractivity (Wildman–Crippen MR) is 109 cm³/mol. The van der Waals surface area contributed by atoms with E-state index in [0.29, 0.717) is 4.80 Å². The van der Waals surface area contributed by atoms with Crippen LogP contribution in [0.5, 0.6) is 0 Å². The molecule has 1 heterocycles. The first-order chi connectivity index (χ1) is 12.5. The van der Waals surface area contributed by atoms with E-state index in [1.165, 1.54) is 27.1 Å². The molecule has 0 aliphatic rings. The van der Waals surface area contributed by atoms with E-state index in [1.807, 2.05) is 62.6 Å². The van der Waals surface area contributed by atoms with Gasteiger partial charge in [0.2, 0.25) is 4.80 Å². The molecule has 0 bridgehead atoms. The Morgan fingerprint density at radius 1 is 1.08 bits per heavy atom. The normalized spacial score (nSPS) is 12.5. The zero-order chi connectivity index (χ0) is 18.7. The summed E-state index contributed by atoms with van der Waals surface area (Å²) >= 11 is 2.86. The average Bonchev–Trinajstić information content (AvgIpc) is 3.01. The van der Waals surface area contributed by atoms with Crippen LogP contribution in [0.1, 0.15) is 17.4 Å². The summed E-state index contributed by atoms with van der Waals surface area (Å²) in [4.78, 5) is 6.38. The van der Waals surface area contributed by atoms with E-state index in [4.69, 9.17) is 0 Å². The highest BCUT2D eigenvalue weighted by molar-refractivity contribution is 7.99. The van der Waals surface area contributed by atoms with Gasteiger partial charge in [0.1, 0.15) is 5.03 Å². The molecule has 0 fully saturated rings. The van der Waals surface area contributed by atoms with E-state index in [2.05, 4.69) is 4.99 Å². The van der Waals surface area contributed by atoms with Crippen molar-refractivity contribution in [3.05, 3.63) is 69.8 Å². The second-order valence-corrected chi connectivity index (χ2v) is 9.34. The Labute approximate surface area is 162 Å². The largest absolute Gasteiger partial charge is 0.270 e. The van der Waals surface area contributed by atoms with Crippen molar-refractivity contribution in [2.45, 2.75) is 30.2 Å². The third kappa shape index (κ3) is 3.65. The third-order valence-electron chi connectivity index (χ3n) is 3.87. The van der Waals surface area contributed by atoms with Crippen LogP contribution in [0.3, 0.4) is 0 Å². The summed E-state index contributed by atoms with van der Waals surface area (Å²) in [5, 5.41) is 0.729. The minimum Gasteiger partial charge on any atom is -0.220 e. The van der Waals surface area contributed by atoms with Crippen LogP contribution in [0, 0.1) is 6.92 Å². The summed E-state index contributed by atoms with van der Waals surface area (Å²) in [5.41, 5.74) is 1.75. The van der Waals surface area contributed by atoms with Gasteiger partial charge in [0.25, 0.3) is 10.0 Å². The van der Waals surface area contributed by atoms with Crippen molar-refractivity contribution >= 4 is 38.8 Å². The molecule has 2 aromatic carbocycles. The second kappa shape index (κ2) is 7.82. The molecule has 0 atom stereocenters. The molecule has 0 saturated carbocycles. The van der Waals surface area contributed by atoms with Crippen LogP contribution in [-0.4, -0.2) is 18.6 Å². The van der Waals surface area contributed by atoms with Gasteiger partial charge in [0.15, 0.2) is 0 Å². The molecule has 0 unspecified atom stereocenters. The molecule has 3 aromatic rings. The van der Waals surface area contributed by atoms with E-state index in [-0.39, 0.29) is 4.90 Å². The number of thiazole rings is 1. The molecule has 7 heteroatoms. The fourth-order valence-electron chi connectivity index (χ4n) is 2.52. The number of hydrogen-bond acceptors (Lipinski definition) is 5. The fraction of sp³-hybridized carbons (Fsp3) is 0.211. The van der Waals surface area contributed by atoms with E-state index in [9.17, 15) is 8.42 Å². The summed E-state index contributed by atoms with van der Waals surface area (Å²) < 4.78 is 28.1. The molecule has 0 aliphatic heterocycles. The highest BCUT2D eigenvalue weighted by Gasteiger charge is 2.24. The van der Waals surface area contributed by atoms with Crippen LogP contribution in [0.15, 0.2) is 69.5 Å². The number of thioether (sulfide) groups is 1. The van der Waals surface area contributed by atoms with Crippen molar-refractivity contribution < 1.29 is 8.42 Å². The molecule has 0 spiro atoms. The molecule has 26 heavy (non-hydrogen) atoms. The zero-order valence-corrected chi connectivity index (χ0v) is 17.3. The van der Waals surface area contributed by atoms with Gasteiger partial charge >= 0.3 is 0 Å². The number of aryl methyl sites for hydroxylation is 2. The van der Waals surface area contributed by atoms with Crippen LogP contribution in [-0.2, 0) is 16.4 Å². The second-order valence-electron chi connectivity index (χ2n) is 5.70. The molecule has 1 aromatic heterocycles. The van der Waals surface area contributed by atoms with E-state index >= 15 is 0 Å². The van der Waals surface area contributed by atoms with Gasteiger partial charge in [0.05, 0.1) is 10.6 Å². The van der Waals surface area contributed by atoms with Gasteiger partial charge in [-0.15, -0.1) is 11.8 Å². The summed E-state index contributed by atoms with van der Waals surface area (Å²) in [7, 11) is -3.73. The molecule has 4 nitrogen and oxygen atoms in total. The first-order valence-corrected chi connectivity index (χ1v) is 11.7. The first kappa shape index (κ1) is 18.9. The number of aromatic nitrogens is 1. The molecular weight excluding hydrogens is 384 g/mol. The lowest BCUT2D eigenvalue weighted by molar-refractivity contribution is 0.581. The van der Waals surface area contributed by atoms with Gasteiger partial charge < -0.3 is 0 Å². The highest BCUT2D eigenvalue weighted by Crippen LogP contribution is 2.28. The van der Waals surface area contributed by atoms with Gasteiger partial charge in [-0.05, 0) is 43.9 Å². The van der Waals surface area contributed by atoms with Crippen molar-refractivity contribution in [3.8, 4) is 0 Å². The van der Waals surface area contributed by atoms with Crippen molar-refractivity contribution in [2.75, 3.05) is 6.26 Å². The summed E-state index contributed by atoms with van der Waals surface area (Å²) in [5.74, 6) is 0. The van der Waals surface area contributed by atoms with Gasteiger partial charge in [-0.2, -0.15) is 0 Å². The fourth-order valence-corrected chi connectivity index (χ4v) is 6.70. The number of nitrogens with zero attached hydrogens (tertiary/aromatic N) is 2. The van der Waals surface area contributed by atoms with Crippen molar-refractivity contribution in [1.82, 2.24) is 3.97 Å². The van der Waals surface area contributed by atoms with Gasteiger partial charge in [-0.25, -0.2) is 17.4 Å². The van der Waals surface area contributed by atoms with Crippen LogP contribution < -0.4 is 4.80 Å². The molecule has 0 saturated heterocycles. The van der Waals surface area contributed by atoms with Crippen molar-refractivity contribution in [3.63, 3.8) is 0 Å². The number of para-hydroxylation sites is 1. The van der Waals surface area contributed by atoms with Gasteiger partial charge in [-0.3, -0.25) is 0 Å². The summed E-state index contributed by atoms with van der Waals surface area (Å²) in [6.07, 6.45) is 2.66. The lowest BCUT2D eigenvalue weighted by atomic mass is 10.2. The quantitative estimate of drug-likeness (QED) is 0.584. The maximum Gasteiger partial charge on any atom is 0.270 e. The Hall–Kier alpha value is -1.83. The van der Waals surface area contributed by atoms with Crippen LogP contribution in [0.4, 0.5) is 5.69 Å². The van der Waals surface area contributed by atoms with Crippen LogP contribution in [0.25, 0.3) is 0 Å². The Balaban J connectivity index is 2.30. The van der Waals surface area contributed by atoms with Crippen LogP contribution >= 0.6 is 23.1 Å². The molecule has 0 aliphatic carbocycles. The smallest absolute Gasteiger partial charge is 0.220 e. The minimum absolute atomic E-state index is 0.272.